The van der Waals surface area contributed by atoms with E-state index in [2.05, 4.69) is 43.3 Å². The Labute approximate surface area is 131 Å². The van der Waals surface area contributed by atoms with E-state index in [1.165, 1.54) is 22.3 Å². The predicted molar refractivity (Wildman–Crippen MR) is 89.5 cm³/mol. The van der Waals surface area contributed by atoms with Crippen LogP contribution >= 0.6 is 0 Å². The van der Waals surface area contributed by atoms with E-state index in [1.807, 2.05) is 0 Å². The monoisotopic (exact) mass is 295 g/mol. The van der Waals surface area contributed by atoms with E-state index < -0.39 is 0 Å². The summed E-state index contributed by atoms with van der Waals surface area (Å²) in [6, 6.07) is 12.6. The lowest BCUT2D eigenvalue weighted by atomic mass is 9.92. The smallest absolute Gasteiger partial charge is 0.161 e. The Bertz CT molecular complexity index is 719. The average molecular weight is 295 g/mol. The third-order valence-electron chi connectivity index (χ3n) is 4.22. The number of hydrogen-bond acceptors (Lipinski definition) is 3. The Kier molecular flexibility index (Phi) is 4.14. The van der Waals surface area contributed by atoms with Gasteiger partial charge in [0.05, 0.1) is 14.2 Å². The van der Waals surface area contributed by atoms with E-state index >= 15 is 0 Å². The zero-order valence-corrected chi connectivity index (χ0v) is 13.3. The molecule has 1 heterocycles. The molecular weight excluding hydrogens is 274 g/mol. The second-order valence-electron chi connectivity index (χ2n) is 5.55. The predicted octanol–water partition coefficient (Wildman–Crippen LogP) is 3.60. The third kappa shape index (κ3) is 2.71. The maximum atomic E-state index is 5.44. The maximum absolute atomic E-state index is 5.44. The van der Waals surface area contributed by atoms with E-state index in [4.69, 9.17) is 14.5 Å². The van der Waals surface area contributed by atoms with Gasteiger partial charge in [0.25, 0.3) is 0 Å². The van der Waals surface area contributed by atoms with E-state index in [1.54, 1.807) is 14.2 Å². The Hall–Kier alpha value is -2.29. The molecule has 0 atom stereocenters. The van der Waals surface area contributed by atoms with Crippen LogP contribution in [0.5, 0.6) is 11.5 Å². The zero-order chi connectivity index (χ0) is 15.5. The summed E-state index contributed by atoms with van der Waals surface area (Å²) in [4.78, 5) is 4.76. The van der Waals surface area contributed by atoms with Gasteiger partial charge in [0.2, 0.25) is 0 Å². The van der Waals surface area contributed by atoms with Crippen LogP contribution in [0, 0.1) is 6.92 Å². The van der Waals surface area contributed by atoms with Crippen molar-refractivity contribution in [1.82, 2.24) is 0 Å². The highest BCUT2D eigenvalue weighted by molar-refractivity contribution is 6.04. The molecule has 0 aliphatic carbocycles. The Morgan fingerprint density at radius 1 is 1.05 bits per heavy atom. The van der Waals surface area contributed by atoms with Crippen LogP contribution in [-0.2, 0) is 12.8 Å². The number of aryl methyl sites for hydroxylation is 1. The summed E-state index contributed by atoms with van der Waals surface area (Å²) in [6.45, 7) is 2.98. The Morgan fingerprint density at radius 3 is 2.50 bits per heavy atom. The average Bonchev–Trinajstić information content (AvgIpc) is 2.56. The van der Waals surface area contributed by atoms with Gasteiger partial charge in [0.1, 0.15) is 0 Å². The van der Waals surface area contributed by atoms with Crippen molar-refractivity contribution >= 4 is 5.71 Å². The normalized spacial score (nSPS) is 13.3. The number of benzene rings is 2. The van der Waals surface area contributed by atoms with Gasteiger partial charge in [0, 0.05) is 24.2 Å². The van der Waals surface area contributed by atoms with Crippen LogP contribution in [0.15, 0.2) is 41.4 Å². The van der Waals surface area contributed by atoms with Crippen LogP contribution in [0.4, 0.5) is 0 Å². The van der Waals surface area contributed by atoms with Crippen LogP contribution in [0.3, 0.4) is 0 Å². The minimum Gasteiger partial charge on any atom is -0.493 e. The van der Waals surface area contributed by atoms with Gasteiger partial charge in [-0.1, -0.05) is 24.3 Å². The lowest BCUT2D eigenvalue weighted by Crippen LogP contribution is -2.16. The fourth-order valence-corrected chi connectivity index (χ4v) is 2.93. The molecule has 3 nitrogen and oxygen atoms in total. The molecule has 0 radical (unpaired) electrons. The van der Waals surface area contributed by atoms with E-state index in [0.717, 1.165) is 36.6 Å². The molecule has 0 saturated carbocycles. The summed E-state index contributed by atoms with van der Waals surface area (Å²) in [5.41, 5.74) is 6.24. The molecule has 0 N–H and O–H groups in total. The quantitative estimate of drug-likeness (QED) is 0.863. The molecule has 3 heteroatoms. The fourth-order valence-electron chi connectivity index (χ4n) is 2.93. The van der Waals surface area contributed by atoms with Crippen molar-refractivity contribution < 1.29 is 9.47 Å². The molecule has 1 aliphatic heterocycles. The molecule has 3 rings (SSSR count). The summed E-state index contributed by atoms with van der Waals surface area (Å²) in [5, 5.41) is 0. The molecule has 114 valence electrons. The summed E-state index contributed by atoms with van der Waals surface area (Å²) in [6.07, 6.45) is 1.81. The molecule has 0 amide bonds. The number of nitrogens with zero attached hydrogens (tertiary/aromatic N) is 1. The highest BCUT2D eigenvalue weighted by atomic mass is 16.5. The zero-order valence-electron chi connectivity index (χ0n) is 13.3. The van der Waals surface area contributed by atoms with Crippen molar-refractivity contribution in [3.63, 3.8) is 0 Å². The first-order valence-corrected chi connectivity index (χ1v) is 7.56. The van der Waals surface area contributed by atoms with Gasteiger partial charge in [0.15, 0.2) is 11.5 Å². The van der Waals surface area contributed by atoms with E-state index in [0.29, 0.717) is 0 Å². The number of rotatable bonds is 4. The summed E-state index contributed by atoms with van der Waals surface area (Å²) >= 11 is 0. The van der Waals surface area contributed by atoms with Gasteiger partial charge in [-0.05, 0) is 42.2 Å². The first kappa shape index (κ1) is 14.6. The molecule has 0 aromatic heterocycles. The molecule has 0 saturated heterocycles. The Morgan fingerprint density at radius 2 is 1.77 bits per heavy atom. The number of ether oxygens (including phenoxy) is 2. The van der Waals surface area contributed by atoms with Gasteiger partial charge < -0.3 is 9.47 Å². The number of hydrogen-bond donors (Lipinski definition) is 0. The van der Waals surface area contributed by atoms with Crippen LogP contribution in [0.25, 0.3) is 0 Å². The largest absolute Gasteiger partial charge is 0.493 e. The van der Waals surface area contributed by atoms with E-state index in [-0.39, 0.29) is 0 Å². The second-order valence-corrected chi connectivity index (χ2v) is 5.55. The van der Waals surface area contributed by atoms with Crippen LogP contribution < -0.4 is 9.47 Å². The molecule has 0 unspecified atom stereocenters. The van der Waals surface area contributed by atoms with Gasteiger partial charge in [-0.2, -0.15) is 0 Å². The minimum absolute atomic E-state index is 0.764. The topological polar surface area (TPSA) is 30.8 Å². The first-order valence-electron chi connectivity index (χ1n) is 7.56. The van der Waals surface area contributed by atoms with Crippen LogP contribution in [0.1, 0.15) is 22.3 Å². The van der Waals surface area contributed by atoms with Crippen molar-refractivity contribution in [3.05, 3.63) is 58.7 Å². The third-order valence-corrected chi connectivity index (χ3v) is 4.22. The van der Waals surface area contributed by atoms with E-state index in [9.17, 15) is 0 Å². The highest BCUT2D eigenvalue weighted by Crippen LogP contribution is 2.33. The lowest BCUT2D eigenvalue weighted by Gasteiger charge is -2.20. The SMILES string of the molecule is COc1cc2c(cc1OC)C(Cc1ccccc1C)=NCC2. The summed E-state index contributed by atoms with van der Waals surface area (Å²) < 4.78 is 10.9. The molecule has 0 fully saturated rings. The summed E-state index contributed by atoms with van der Waals surface area (Å²) in [5.74, 6) is 1.55. The van der Waals surface area contributed by atoms with Crippen LogP contribution in [-0.4, -0.2) is 26.5 Å². The number of methoxy groups -OCH3 is 2. The van der Waals surface area contributed by atoms with Gasteiger partial charge in [-0.3, -0.25) is 4.99 Å². The van der Waals surface area contributed by atoms with Crippen molar-refractivity contribution in [1.29, 1.82) is 0 Å². The van der Waals surface area contributed by atoms with Gasteiger partial charge >= 0.3 is 0 Å². The first-order chi connectivity index (χ1) is 10.7. The van der Waals surface area contributed by atoms with Crippen molar-refractivity contribution in [3.8, 4) is 11.5 Å². The standard InChI is InChI=1S/C19H21NO2/c1-13-6-4-5-7-14(13)10-17-16-12-19(22-3)18(21-2)11-15(16)8-9-20-17/h4-7,11-12H,8-10H2,1-3H3. The second kappa shape index (κ2) is 6.22. The highest BCUT2D eigenvalue weighted by Gasteiger charge is 2.19. The molecule has 2 aromatic rings. The lowest BCUT2D eigenvalue weighted by molar-refractivity contribution is 0.354. The van der Waals surface area contributed by atoms with Crippen LogP contribution in [0.2, 0.25) is 0 Å². The molecule has 0 bridgehead atoms. The molecule has 1 aliphatic rings. The molecule has 0 spiro atoms. The van der Waals surface area contributed by atoms with Gasteiger partial charge in [-0.25, -0.2) is 0 Å². The molecular formula is C19H21NO2. The maximum Gasteiger partial charge on any atom is 0.161 e. The van der Waals surface area contributed by atoms with Crippen molar-refractivity contribution in [2.24, 2.45) is 4.99 Å². The molecule has 22 heavy (non-hydrogen) atoms. The molecule has 2 aromatic carbocycles. The Balaban J connectivity index is 1.99. The fraction of sp³-hybridized carbons (Fsp3) is 0.316. The summed E-state index contributed by atoms with van der Waals surface area (Å²) in [7, 11) is 3.35. The number of fused-ring (bicyclic) bond motifs is 1. The minimum atomic E-state index is 0.764. The van der Waals surface area contributed by atoms with Crippen molar-refractivity contribution in [2.75, 3.05) is 20.8 Å². The van der Waals surface area contributed by atoms with Crippen molar-refractivity contribution in [2.45, 2.75) is 19.8 Å². The van der Waals surface area contributed by atoms with Gasteiger partial charge in [-0.15, -0.1) is 0 Å². The number of aliphatic imine (C=N–C) groups is 1.